The molecule has 0 aliphatic rings. The monoisotopic (exact) mass is 376 g/mol. The summed E-state index contributed by atoms with van der Waals surface area (Å²) in [7, 11) is 0. The Hall–Kier alpha value is -0.951. The molecule has 2 rings (SSSR count). The van der Waals surface area contributed by atoms with Gasteiger partial charge < -0.3 is 0 Å². The van der Waals surface area contributed by atoms with E-state index in [9.17, 15) is 0 Å². The topological polar surface area (TPSA) is 0 Å². The van der Waals surface area contributed by atoms with Crippen LogP contribution in [0.1, 0.15) is 39.5 Å². The molecule has 0 heterocycles. The van der Waals surface area contributed by atoms with E-state index in [2.05, 4.69) is 74.5 Å². The van der Waals surface area contributed by atoms with Crippen LogP contribution in [0.3, 0.4) is 0 Å². The van der Waals surface area contributed by atoms with Gasteiger partial charge in [-0.15, -0.1) is 0 Å². The van der Waals surface area contributed by atoms with Gasteiger partial charge in [0.25, 0.3) is 0 Å². The third-order valence-corrected chi connectivity index (χ3v) is 7.26. The number of thioether (sulfide) groups is 1. The van der Waals surface area contributed by atoms with Crippen molar-refractivity contribution in [3.8, 4) is 0 Å². The third-order valence-electron chi connectivity index (χ3n) is 3.23. The number of hydrogen-bond acceptors (Lipinski definition) is 1. The van der Waals surface area contributed by atoms with E-state index in [1.54, 1.807) is 9.38 Å². The first kappa shape index (κ1) is 17.4. The molecule has 0 aliphatic carbocycles. The summed E-state index contributed by atoms with van der Waals surface area (Å²) in [4.78, 5) is 2.96. The SMILES string of the molecule is CCC/C(Sc1ccccc1)=C(\CCC)[Se]c1ccccc1. The molecule has 0 aromatic heterocycles. The molecule has 0 saturated carbocycles. The molecule has 0 unspecified atom stereocenters. The van der Waals surface area contributed by atoms with Gasteiger partial charge in [0.15, 0.2) is 0 Å². The first-order valence-corrected chi connectivity index (χ1v) is 10.5. The molecule has 0 saturated heterocycles. The van der Waals surface area contributed by atoms with Crippen LogP contribution in [0.25, 0.3) is 0 Å². The second kappa shape index (κ2) is 9.94. The summed E-state index contributed by atoms with van der Waals surface area (Å²) in [5.41, 5.74) is 0. The van der Waals surface area contributed by atoms with E-state index in [0.717, 1.165) is 0 Å². The quantitative estimate of drug-likeness (QED) is 0.426. The van der Waals surface area contributed by atoms with Gasteiger partial charge in [0.1, 0.15) is 0 Å². The first-order valence-electron chi connectivity index (χ1n) is 8.01. The Morgan fingerprint density at radius 1 is 0.818 bits per heavy atom. The van der Waals surface area contributed by atoms with E-state index in [-0.39, 0.29) is 0 Å². The minimum atomic E-state index is 0.448. The van der Waals surface area contributed by atoms with E-state index in [1.807, 2.05) is 11.8 Å². The number of rotatable bonds is 8. The van der Waals surface area contributed by atoms with Gasteiger partial charge in [0, 0.05) is 0 Å². The number of hydrogen-bond donors (Lipinski definition) is 0. The van der Waals surface area contributed by atoms with Gasteiger partial charge in [0.05, 0.1) is 0 Å². The molecule has 0 amide bonds. The van der Waals surface area contributed by atoms with E-state index in [0.29, 0.717) is 15.0 Å². The summed E-state index contributed by atoms with van der Waals surface area (Å²) in [5, 5.41) is 0. The van der Waals surface area contributed by atoms with Crippen molar-refractivity contribution in [2.75, 3.05) is 0 Å². The molecule has 0 bridgehead atoms. The number of benzene rings is 2. The van der Waals surface area contributed by atoms with Crippen LogP contribution in [0, 0.1) is 0 Å². The van der Waals surface area contributed by atoms with Crippen molar-refractivity contribution in [3.63, 3.8) is 0 Å². The van der Waals surface area contributed by atoms with Crippen molar-refractivity contribution in [1.29, 1.82) is 0 Å². The van der Waals surface area contributed by atoms with Gasteiger partial charge in [-0.3, -0.25) is 0 Å². The van der Waals surface area contributed by atoms with Crippen LogP contribution < -0.4 is 4.46 Å². The zero-order valence-electron chi connectivity index (χ0n) is 13.4. The Kier molecular flexibility index (Phi) is 7.87. The van der Waals surface area contributed by atoms with Crippen LogP contribution in [0.5, 0.6) is 0 Å². The Balaban J connectivity index is 2.25. The molecule has 2 aromatic carbocycles. The third kappa shape index (κ3) is 5.68. The van der Waals surface area contributed by atoms with E-state index in [4.69, 9.17) is 0 Å². The Labute approximate surface area is 145 Å². The van der Waals surface area contributed by atoms with Crippen molar-refractivity contribution < 1.29 is 0 Å². The van der Waals surface area contributed by atoms with Crippen LogP contribution in [-0.2, 0) is 0 Å². The molecule has 2 heteroatoms. The van der Waals surface area contributed by atoms with Crippen molar-refractivity contribution in [2.24, 2.45) is 0 Å². The summed E-state index contributed by atoms with van der Waals surface area (Å²) < 4.78 is 3.16. The fraction of sp³-hybridized carbons (Fsp3) is 0.300. The van der Waals surface area contributed by atoms with Crippen molar-refractivity contribution in [3.05, 3.63) is 70.0 Å². The van der Waals surface area contributed by atoms with Crippen LogP contribution in [-0.4, -0.2) is 15.0 Å². The van der Waals surface area contributed by atoms with E-state index < -0.39 is 0 Å². The molecule has 0 radical (unpaired) electrons. The molecule has 2 aromatic rings. The van der Waals surface area contributed by atoms with Gasteiger partial charge in [-0.2, -0.15) is 0 Å². The minimum absolute atomic E-state index is 0.448. The summed E-state index contributed by atoms with van der Waals surface area (Å²) in [6.45, 7) is 4.57. The molecule has 0 N–H and O–H groups in total. The van der Waals surface area contributed by atoms with Crippen LogP contribution in [0.2, 0.25) is 0 Å². The molecule has 22 heavy (non-hydrogen) atoms. The molecule has 0 aliphatic heterocycles. The Morgan fingerprint density at radius 3 is 2.00 bits per heavy atom. The summed E-state index contributed by atoms with van der Waals surface area (Å²) >= 11 is 2.42. The molecular weight excluding hydrogens is 351 g/mol. The van der Waals surface area contributed by atoms with Gasteiger partial charge in [-0.25, -0.2) is 0 Å². The van der Waals surface area contributed by atoms with Gasteiger partial charge in [-0.1, -0.05) is 0 Å². The first-order chi connectivity index (χ1) is 10.8. The zero-order valence-corrected chi connectivity index (χ0v) is 15.9. The average molecular weight is 375 g/mol. The number of allylic oxidation sites excluding steroid dienone is 2. The van der Waals surface area contributed by atoms with Gasteiger partial charge in [-0.05, 0) is 0 Å². The average Bonchev–Trinajstić information content (AvgIpc) is 2.56. The van der Waals surface area contributed by atoms with Crippen LogP contribution in [0.15, 0.2) is 74.9 Å². The fourth-order valence-corrected chi connectivity index (χ4v) is 6.10. The Bertz CT molecular complexity index is 522. The molecule has 0 nitrogen and oxygen atoms in total. The second-order valence-corrected chi connectivity index (χ2v) is 8.80. The zero-order chi connectivity index (χ0) is 15.6. The molecule has 0 atom stereocenters. The van der Waals surface area contributed by atoms with Gasteiger partial charge in [0.2, 0.25) is 0 Å². The molecule has 0 fully saturated rings. The summed E-state index contributed by atoms with van der Waals surface area (Å²) in [5.74, 6) is 0. The summed E-state index contributed by atoms with van der Waals surface area (Å²) in [6.07, 6.45) is 4.87. The molecule has 116 valence electrons. The standard InChI is InChI=1S/C20H24SSe/c1-3-11-19(21-17-13-7-5-8-14-17)20(12-4-2)22-18-15-9-6-10-16-18/h5-10,13-16H,3-4,11-12H2,1-2H3/b20-19-. The van der Waals surface area contributed by atoms with Crippen LogP contribution >= 0.6 is 11.8 Å². The van der Waals surface area contributed by atoms with Crippen molar-refractivity contribution in [2.45, 2.75) is 44.4 Å². The Morgan fingerprint density at radius 2 is 1.41 bits per heavy atom. The van der Waals surface area contributed by atoms with Gasteiger partial charge >= 0.3 is 146 Å². The predicted octanol–water partition coefficient (Wildman–Crippen LogP) is 5.62. The van der Waals surface area contributed by atoms with Crippen molar-refractivity contribution >= 4 is 31.2 Å². The van der Waals surface area contributed by atoms with Crippen LogP contribution in [0.4, 0.5) is 0 Å². The fourth-order valence-electron chi connectivity index (χ4n) is 2.21. The van der Waals surface area contributed by atoms with E-state index in [1.165, 1.54) is 35.0 Å². The van der Waals surface area contributed by atoms with Crippen molar-refractivity contribution in [1.82, 2.24) is 0 Å². The maximum absolute atomic E-state index is 2.29. The maximum atomic E-state index is 2.29. The normalized spacial score (nSPS) is 12.1. The second-order valence-electron chi connectivity index (χ2n) is 5.18. The molecular formula is C20H24SSe. The molecule has 0 spiro atoms. The van der Waals surface area contributed by atoms with E-state index >= 15 is 0 Å². The predicted molar refractivity (Wildman–Crippen MR) is 101 cm³/mol. The summed E-state index contributed by atoms with van der Waals surface area (Å²) in [6, 6.07) is 21.8.